The topological polar surface area (TPSA) is 84.9 Å². The van der Waals surface area contributed by atoms with Crippen LogP contribution in [0.1, 0.15) is 23.2 Å². The van der Waals surface area contributed by atoms with Crippen LogP contribution in [-0.2, 0) is 12.8 Å². The molecule has 2 aromatic rings. The van der Waals surface area contributed by atoms with Crippen molar-refractivity contribution in [2.75, 3.05) is 0 Å². The first-order valence-electron chi connectivity index (χ1n) is 6.19. The molecule has 1 aromatic carbocycles. The molecule has 0 bridgehead atoms. The van der Waals surface area contributed by atoms with Gasteiger partial charge in [-0.2, -0.15) is 4.98 Å². The minimum absolute atomic E-state index is 0.0961. The third-order valence-corrected chi connectivity index (χ3v) is 3.19. The summed E-state index contributed by atoms with van der Waals surface area (Å²) in [6.07, 6.45) is 4.98. The molecule has 1 aliphatic rings. The number of rotatable bonds is 3. The van der Waals surface area contributed by atoms with Crippen LogP contribution in [0.15, 0.2) is 30.5 Å². The molecule has 0 fully saturated rings. The van der Waals surface area contributed by atoms with Crippen molar-refractivity contribution in [3.8, 4) is 11.8 Å². The number of nitrogens with zero attached hydrogens (tertiary/aromatic N) is 2. The van der Waals surface area contributed by atoms with Gasteiger partial charge in [0.25, 0.3) is 0 Å². The van der Waals surface area contributed by atoms with E-state index in [0.29, 0.717) is 5.69 Å². The van der Waals surface area contributed by atoms with Gasteiger partial charge < -0.3 is 10.5 Å². The number of benzene rings is 1. The van der Waals surface area contributed by atoms with E-state index in [2.05, 4.69) is 16.0 Å². The minimum atomic E-state index is -0.0961. The number of fused-ring (bicyclic) bond motifs is 1. The number of aromatic nitrogens is 2. The summed E-state index contributed by atoms with van der Waals surface area (Å²) < 4.78 is 5.62. The van der Waals surface area contributed by atoms with E-state index in [-0.39, 0.29) is 11.8 Å². The minimum Gasteiger partial charge on any atom is -0.424 e. The summed E-state index contributed by atoms with van der Waals surface area (Å²) in [5.74, 6) is 0.627. The van der Waals surface area contributed by atoms with Crippen molar-refractivity contribution in [3.05, 3.63) is 47.3 Å². The molecule has 3 rings (SSSR count). The summed E-state index contributed by atoms with van der Waals surface area (Å²) in [5, 5.41) is 7.34. The average Bonchev–Trinajstić information content (AvgIpc) is 2.86. The quantitative estimate of drug-likeness (QED) is 0.648. The molecule has 0 saturated heterocycles. The zero-order valence-corrected chi connectivity index (χ0v) is 10.4. The lowest BCUT2D eigenvalue weighted by Gasteiger charge is -2.06. The van der Waals surface area contributed by atoms with Crippen molar-refractivity contribution in [2.24, 2.45) is 5.73 Å². The molecule has 1 aromatic heterocycles. The van der Waals surface area contributed by atoms with E-state index in [9.17, 15) is 0 Å². The molecule has 0 atom stereocenters. The number of hydrogen-bond donors (Lipinski definition) is 2. The van der Waals surface area contributed by atoms with Crippen LogP contribution in [0.4, 0.5) is 0 Å². The van der Waals surface area contributed by atoms with Crippen LogP contribution >= 0.6 is 0 Å². The van der Waals surface area contributed by atoms with Gasteiger partial charge in [0.1, 0.15) is 17.3 Å². The van der Waals surface area contributed by atoms with E-state index in [0.717, 1.165) is 18.6 Å². The molecule has 96 valence electrons. The Bertz CT molecular complexity index is 639. The number of amidine groups is 1. The van der Waals surface area contributed by atoms with Gasteiger partial charge in [-0.25, -0.2) is 4.98 Å². The largest absolute Gasteiger partial charge is 0.424 e. The van der Waals surface area contributed by atoms with E-state index in [1.165, 1.54) is 23.7 Å². The Morgan fingerprint density at radius 1 is 1.21 bits per heavy atom. The second-order valence-corrected chi connectivity index (χ2v) is 4.52. The molecule has 5 nitrogen and oxygen atoms in total. The Balaban J connectivity index is 1.85. The Morgan fingerprint density at radius 2 is 2.05 bits per heavy atom. The Morgan fingerprint density at radius 3 is 2.89 bits per heavy atom. The van der Waals surface area contributed by atoms with Gasteiger partial charge in [0, 0.05) is 6.20 Å². The van der Waals surface area contributed by atoms with E-state index < -0.39 is 0 Å². The molecule has 1 aliphatic carbocycles. The standard InChI is InChI=1S/C14H14N4O/c15-13(16)12-6-7-17-14(18-12)19-11-5-4-9-2-1-3-10(9)8-11/h4-8H,1-3H2,(H3,15,16). The van der Waals surface area contributed by atoms with Gasteiger partial charge in [-0.15, -0.1) is 0 Å². The number of ether oxygens (including phenoxy) is 1. The SMILES string of the molecule is N=C(N)c1ccnc(Oc2ccc3c(c2)CCC3)n1. The zero-order chi connectivity index (χ0) is 13.2. The van der Waals surface area contributed by atoms with E-state index >= 15 is 0 Å². The third kappa shape index (κ3) is 2.40. The molecule has 0 unspecified atom stereocenters. The number of hydrogen-bond acceptors (Lipinski definition) is 4. The Labute approximate surface area is 111 Å². The Kier molecular flexibility index (Phi) is 2.87. The van der Waals surface area contributed by atoms with Crippen LogP contribution in [0.5, 0.6) is 11.8 Å². The number of nitrogens with one attached hydrogen (secondary N) is 1. The summed E-state index contributed by atoms with van der Waals surface area (Å²) >= 11 is 0. The molecule has 0 aliphatic heterocycles. The van der Waals surface area contributed by atoms with E-state index in [1.54, 1.807) is 6.07 Å². The van der Waals surface area contributed by atoms with E-state index in [1.807, 2.05) is 12.1 Å². The van der Waals surface area contributed by atoms with Gasteiger partial charge in [-0.3, -0.25) is 5.41 Å². The summed E-state index contributed by atoms with van der Waals surface area (Å²) in [7, 11) is 0. The van der Waals surface area contributed by atoms with Gasteiger partial charge in [0.05, 0.1) is 0 Å². The smallest absolute Gasteiger partial charge is 0.322 e. The van der Waals surface area contributed by atoms with Crippen molar-refractivity contribution in [1.29, 1.82) is 5.41 Å². The Hall–Kier alpha value is -2.43. The first kappa shape index (κ1) is 11.6. The highest BCUT2D eigenvalue weighted by Gasteiger charge is 2.12. The molecular formula is C14H14N4O. The second kappa shape index (κ2) is 4.68. The van der Waals surface area contributed by atoms with Crippen molar-refractivity contribution in [2.45, 2.75) is 19.3 Å². The molecule has 0 saturated carbocycles. The van der Waals surface area contributed by atoms with Crippen molar-refractivity contribution < 1.29 is 4.74 Å². The predicted octanol–water partition coefficient (Wildman–Crippen LogP) is 2.04. The molecule has 19 heavy (non-hydrogen) atoms. The van der Waals surface area contributed by atoms with Crippen LogP contribution in [-0.4, -0.2) is 15.8 Å². The summed E-state index contributed by atoms with van der Waals surface area (Å²) in [6.45, 7) is 0. The van der Waals surface area contributed by atoms with Crippen LogP contribution < -0.4 is 10.5 Å². The van der Waals surface area contributed by atoms with Crippen molar-refractivity contribution >= 4 is 5.84 Å². The van der Waals surface area contributed by atoms with Crippen LogP contribution in [0, 0.1) is 5.41 Å². The highest BCUT2D eigenvalue weighted by atomic mass is 16.5. The summed E-state index contributed by atoms with van der Waals surface area (Å²) in [6, 6.07) is 7.84. The van der Waals surface area contributed by atoms with E-state index in [4.69, 9.17) is 15.9 Å². The lowest BCUT2D eigenvalue weighted by molar-refractivity contribution is 0.441. The van der Waals surface area contributed by atoms with Gasteiger partial charge in [-0.1, -0.05) is 6.07 Å². The molecule has 5 heteroatoms. The highest BCUT2D eigenvalue weighted by molar-refractivity contribution is 5.92. The lowest BCUT2D eigenvalue weighted by atomic mass is 10.1. The summed E-state index contributed by atoms with van der Waals surface area (Å²) in [5.41, 5.74) is 8.48. The summed E-state index contributed by atoms with van der Waals surface area (Å²) in [4.78, 5) is 8.10. The highest BCUT2D eigenvalue weighted by Crippen LogP contribution is 2.27. The molecule has 3 N–H and O–H groups in total. The van der Waals surface area contributed by atoms with Crippen LogP contribution in [0.25, 0.3) is 0 Å². The van der Waals surface area contributed by atoms with Gasteiger partial charge in [-0.05, 0) is 48.6 Å². The lowest BCUT2D eigenvalue weighted by Crippen LogP contribution is -2.13. The number of aryl methyl sites for hydroxylation is 2. The van der Waals surface area contributed by atoms with Gasteiger partial charge in [0.2, 0.25) is 0 Å². The third-order valence-electron chi connectivity index (χ3n) is 3.19. The van der Waals surface area contributed by atoms with Gasteiger partial charge in [0.15, 0.2) is 0 Å². The molecule has 0 spiro atoms. The maximum Gasteiger partial charge on any atom is 0.322 e. The first-order valence-corrected chi connectivity index (χ1v) is 6.19. The maximum absolute atomic E-state index is 7.34. The van der Waals surface area contributed by atoms with Gasteiger partial charge >= 0.3 is 6.01 Å². The predicted molar refractivity (Wildman–Crippen MR) is 71.6 cm³/mol. The molecular weight excluding hydrogens is 240 g/mol. The normalized spacial score (nSPS) is 13.1. The maximum atomic E-state index is 7.34. The molecule has 1 heterocycles. The van der Waals surface area contributed by atoms with Crippen LogP contribution in [0.2, 0.25) is 0 Å². The zero-order valence-electron chi connectivity index (χ0n) is 10.4. The average molecular weight is 254 g/mol. The fraction of sp³-hybridized carbons (Fsp3) is 0.214. The van der Waals surface area contributed by atoms with Crippen molar-refractivity contribution in [3.63, 3.8) is 0 Å². The first-order chi connectivity index (χ1) is 9.22. The second-order valence-electron chi connectivity index (χ2n) is 4.52. The fourth-order valence-electron chi connectivity index (χ4n) is 2.26. The monoisotopic (exact) mass is 254 g/mol. The molecule has 0 amide bonds. The van der Waals surface area contributed by atoms with Crippen LogP contribution in [0.3, 0.4) is 0 Å². The molecule has 0 radical (unpaired) electrons. The number of nitrogens with two attached hydrogens (primary N) is 1. The fourth-order valence-corrected chi connectivity index (χ4v) is 2.26. The number of nitrogen functional groups attached to an aromatic ring is 1. The van der Waals surface area contributed by atoms with Crippen molar-refractivity contribution in [1.82, 2.24) is 9.97 Å².